The Kier molecular flexibility index (Phi) is 2.65. The Balaban J connectivity index is 2.35. The van der Waals surface area contributed by atoms with Crippen LogP contribution in [-0.2, 0) is 6.18 Å². The maximum Gasteiger partial charge on any atom is 0.416 e. The third-order valence-corrected chi connectivity index (χ3v) is 2.59. The summed E-state index contributed by atoms with van der Waals surface area (Å²) in [5.74, 6) is 0.238. The number of anilines is 2. The van der Waals surface area contributed by atoms with E-state index in [4.69, 9.17) is 5.73 Å². The third kappa shape index (κ3) is 2.20. The SMILES string of the molecule is Nc1cc(C(F)(F)F)cc(N2CCCC2)n1. The molecule has 6 heteroatoms. The molecule has 0 saturated carbocycles. The van der Waals surface area contributed by atoms with Crippen molar-refractivity contribution in [3.05, 3.63) is 17.7 Å². The number of rotatable bonds is 1. The van der Waals surface area contributed by atoms with Gasteiger partial charge in [0.1, 0.15) is 11.6 Å². The lowest BCUT2D eigenvalue weighted by Gasteiger charge is -2.18. The highest BCUT2D eigenvalue weighted by Crippen LogP contribution is 2.32. The number of pyridine rings is 1. The predicted octanol–water partition coefficient (Wildman–Crippen LogP) is 2.28. The fourth-order valence-corrected chi connectivity index (χ4v) is 1.81. The molecule has 3 nitrogen and oxygen atoms in total. The average Bonchev–Trinajstić information content (AvgIpc) is 2.68. The minimum absolute atomic E-state index is 0.0864. The molecule has 1 aromatic rings. The van der Waals surface area contributed by atoms with Gasteiger partial charge < -0.3 is 10.6 Å². The van der Waals surface area contributed by atoms with Crippen molar-refractivity contribution in [1.82, 2.24) is 4.98 Å². The monoisotopic (exact) mass is 231 g/mol. The summed E-state index contributed by atoms with van der Waals surface area (Å²) in [6, 6.07) is 1.92. The van der Waals surface area contributed by atoms with Crippen molar-refractivity contribution >= 4 is 11.6 Å². The van der Waals surface area contributed by atoms with E-state index in [-0.39, 0.29) is 5.82 Å². The summed E-state index contributed by atoms with van der Waals surface area (Å²) in [5.41, 5.74) is 4.65. The Morgan fingerprint density at radius 3 is 2.38 bits per heavy atom. The first kappa shape index (κ1) is 11.0. The van der Waals surface area contributed by atoms with Crippen LogP contribution in [0.25, 0.3) is 0 Å². The lowest BCUT2D eigenvalue weighted by atomic mass is 10.2. The van der Waals surface area contributed by atoms with Gasteiger partial charge in [0.05, 0.1) is 5.56 Å². The van der Waals surface area contributed by atoms with Crippen molar-refractivity contribution < 1.29 is 13.2 Å². The zero-order valence-corrected chi connectivity index (χ0v) is 8.59. The molecule has 2 N–H and O–H groups in total. The molecule has 1 saturated heterocycles. The van der Waals surface area contributed by atoms with E-state index in [1.807, 2.05) is 4.90 Å². The Hall–Kier alpha value is -1.46. The molecule has 0 atom stereocenters. The van der Waals surface area contributed by atoms with Crippen molar-refractivity contribution in [1.29, 1.82) is 0 Å². The molecule has 0 spiro atoms. The van der Waals surface area contributed by atoms with Gasteiger partial charge in [-0.3, -0.25) is 0 Å². The number of hydrogen-bond donors (Lipinski definition) is 1. The molecule has 88 valence electrons. The summed E-state index contributed by atoms with van der Waals surface area (Å²) in [6.45, 7) is 1.49. The molecule has 1 aliphatic rings. The van der Waals surface area contributed by atoms with Crippen LogP contribution in [0.4, 0.5) is 24.8 Å². The molecule has 0 bridgehead atoms. The van der Waals surface area contributed by atoms with Crippen LogP contribution in [-0.4, -0.2) is 18.1 Å². The normalized spacial score (nSPS) is 16.8. The van der Waals surface area contributed by atoms with E-state index >= 15 is 0 Å². The van der Waals surface area contributed by atoms with Crippen LogP contribution in [0.15, 0.2) is 12.1 Å². The van der Waals surface area contributed by atoms with Gasteiger partial charge in [0.2, 0.25) is 0 Å². The number of hydrogen-bond acceptors (Lipinski definition) is 3. The predicted molar refractivity (Wildman–Crippen MR) is 55.1 cm³/mol. The second-order valence-electron chi connectivity index (χ2n) is 3.83. The number of nitrogens with zero attached hydrogens (tertiary/aromatic N) is 2. The standard InChI is InChI=1S/C10H12F3N3/c11-10(12,13)7-5-8(14)15-9(6-7)16-3-1-2-4-16/h5-6H,1-4H2,(H2,14,15). The molecule has 0 radical (unpaired) electrons. The van der Waals surface area contributed by atoms with Crippen molar-refractivity contribution in [3.8, 4) is 0 Å². The molecule has 2 heterocycles. The minimum Gasteiger partial charge on any atom is -0.384 e. The van der Waals surface area contributed by atoms with Gasteiger partial charge in [0.25, 0.3) is 0 Å². The second-order valence-corrected chi connectivity index (χ2v) is 3.83. The molecule has 1 aliphatic heterocycles. The van der Waals surface area contributed by atoms with Gasteiger partial charge in [-0.05, 0) is 25.0 Å². The van der Waals surface area contributed by atoms with Crippen LogP contribution >= 0.6 is 0 Å². The number of nitrogens with two attached hydrogens (primary N) is 1. The van der Waals surface area contributed by atoms with Crippen molar-refractivity contribution in [2.75, 3.05) is 23.7 Å². The minimum atomic E-state index is -4.37. The van der Waals surface area contributed by atoms with Crippen LogP contribution in [0.5, 0.6) is 0 Å². The first-order valence-electron chi connectivity index (χ1n) is 5.06. The lowest BCUT2D eigenvalue weighted by Crippen LogP contribution is -2.20. The highest BCUT2D eigenvalue weighted by Gasteiger charge is 2.32. The van der Waals surface area contributed by atoms with Gasteiger partial charge in [-0.1, -0.05) is 0 Å². The third-order valence-electron chi connectivity index (χ3n) is 2.59. The second kappa shape index (κ2) is 3.84. The van der Waals surface area contributed by atoms with Gasteiger partial charge in [-0.25, -0.2) is 4.98 Å². The fourth-order valence-electron chi connectivity index (χ4n) is 1.81. The average molecular weight is 231 g/mol. The lowest BCUT2D eigenvalue weighted by molar-refractivity contribution is -0.137. The largest absolute Gasteiger partial charge is 0.416 e. The summed E-state index contributed by atoms with van der Waals surface area (Å²) >= 11 is 0. The molecule has 16 heavy (non-hydrogen) atoms. The van der Waals surface area contributed by atoms with Crippen molar-refractivity contribution in [3.63, 3.8) is 0 Å². The van der Waals surface area contributed by atoms with Crippen LogP contribution in [0, 0.1) is 0 Å². The molecule has 1 fully saturated rings. The van der Waals surface area contributed by atoms with E-state index in [1.165, 1.54) is 0 Å². The van der Waals surface area contributed by atoms with E-state index < -0.39 is 11.7 Å². The first-order chi connectivity index (χ1) is 7.47. The summed E-state index contributed by atoms with van der Waals surface area (Å²) in [5, 5.41) is 0. The molecule has 0 aromatic carbocycles. The Morgan fingerprint density at radius 1 is 1.19 bits per heavy atom. The summed E-state index contributed by atoms with van der Waals surface area (Å²) in [6.07, 6.45) is -2.40. The molecule has 2 rings (SSSR count). The van der Waals surface area contributed by atoms with Crippen LogP contribution < -0.4 is 10.6 Å². The number of alkyl halides is 3. The van der Waals surface area contributed by atoms with Crippen molar-refractivity contribution in [2.24, 2.45) is 0 Å². The Labute approximate surface area is 91.1 Å². The van der Waals surface area contributed by atoms with E-state index in [0.717, 1.165) is 38.1 Å². The van der Waals surface area contributed by atoms with E-state index in [9.17, 15) is 13.2 Å². The topological polar surface area (TPSA) is 42.1 Å². The summed E-state index contributed by atoms with van der Waals surface area (Å²) in [7, 11) is 0. The van der Waals surface area contributed by atoms with Crippen molar-refractivity contribution in [2.45, 2.75) is 19.0 Å². The van der Waals surface area contributed by atoms with Crippen LogP contribution in [0.3, 0.4) is 0 Å². The highest BCUT2D eigenvalue weighted by atomic mass is 19.4. The van der Waals surface area contributed by atoms with Crippen LogP contribution in [0.2, 0.25) is 0 Å². The maximum absolute atomic E-state index is 12.5. The van der Waals surface area contributed by atoms with E-state index in [1.54, 1.807) is 0 Å². The smallest absolute Gasteiger partial charge is 0.384 e. The first-order valence-corrected chi connectivity index (χ1v) is 5.06. The number of halogens is 3. The van der Waals surface area contributed by atoms with E-state index in [2.05, 4.69) is 4.98 Å². The molecule has 1 aromatic heterocycles. The number of nitrogen functional groups attached to an aromatic ring is 1. The molecular weight excluding hydrogens is 219 g/mol. The molecule has 0 aliphatic carbocycles. The quantitative estimate of drug-likeness (QED) is 0.806. The Bertz CT molecular complexity index is 383. The zero-order chi connectivity index (χ0) is 11.8. The van der Waals surface area contributed by atoms with Gasteiger partial charge in [0.15, 0.2) is 0 Å². The highest BCUT2D eigenvalue weighted by molar-refractivity contribution is 5.49. The van der Waals surface area contributed by atoms with Gasteiger partial charge in [0, 0.05) is 13.1 Å². The van der Waals surface area contributed by atoms with Crippen LogP contribution in [0.1, 0.15) is 18.4 Å². The maximum atomic E-state index is 12.5. The Morgan fingerprint density at radius 2 is 1.81 bits per heavy atom. The van der Waals surface area contributed by atoms with Gasteiger partial charge in [-0.15, -0.1) is 0 Å². The zero-order valence-electron chi connectivity index (χ0n) is 8.59. The number of aromatic nitrogens is 1. The molecular formula is C10H12F3N3. The molecule has 0 amide bonds. The summed E-state index contributed by atoms with van der Waals surface area (Å²) < 4.78 is 37.6. The fraction of sp³-hybridized carbons (Fsp3) is 0.500. The van der Waals surface area contributed by atoms with E-state index in [0.29, 0.717) is 5.82 Å². The van der Waals surface area contributed by atoms with Gasteiger partial charge in [-0.2, -0.15) is 13.2 Å². The molecule has 0 unspecified atom stereocenters. The summed E-state index contributed by atoms with van der Waals surface area (Å²) in [4.78, 5) is 5.76. The van der Waals surface area contributed by atoms with Gasteiger partial charge >= 0.3 is 6.18 Å².